The molecule has 1 unspecified atom stereocenters. The van der Waals surface area contributed by atoms with E-state index in [0.29, 0.717) is 6.04 Å². The fourth-order valence-electron chi connectivity index (χ4n) is 2.28. The maximum absolute atomic E-state index is 5.17. The lowest BCUT2D eigenvalue weighted by Crippen LogP contribution is -2.21. The average molecular weight is 269 g/mol. The molecular weight excluding hydrogens is 246 g/mol. The summed E-state index contributed by atoms with van der Waals surface area (Å²) in [5.41, 5.74) is 3.99. The number of benzene rings is 2. The van der Waals surface area contributed by atoms with Crippen LogP contribution >= 0.6 is 0 Å². The number of nitrogens with one attached hydrogen (secondary N) is 1. The summed E-state index contributed by atoms with van der Waals surface area (Å²) in [6, 6.07) is 17.3. The van der Waals surface area contributed by atoms with Gasteiger partial charge in [-0.15, -0.1) is 0 Å². The molecule has 0 aliphatic rings. The minimum Gasteiger partial charge on any atom is -0.497 e. The summed E-state index contributed by atoms with van der Waals surface area (Å²) in [5, 5.41) is 3.57. The van der Waals surface area contributed by atoms with Crippen molar-refractivity contribution in [2.75, 3.05) is 13.7 Å². The van der Waals surface area contributed by atoms with E-state index in [4.69, 9.17) is 4.74 Å². The monoisotopic (exact) mass is 269 g/mol. The van der Waals surface area contributed by atoms with Gasteiger partial charge in [-0.3, -0.25) is 0 Å². The molecule has 1 atom stereocenters. The molecule has 0 spiro atoms. The van der Waals surface area contributed by atoms with Gasteiger partial charge in [0.2, 0.25) is 0 Å². The maximum Gasteiger partial charge on any atom is 0.118 e. The summed E-state index contributed by atoms with van der Waals surface area (Å²) in [7, 11) is 1.69. The van der Waals surface area contributed by atoms with E-state index in [2.05, 4.69) is 55.6 Å². The highest BCUT2D eigenvalue weighted by Crippen LogP contribution is 2.14. The first-order chi connectivity index (χ1) is 9.69. The molecule has 1 N–H and O–H groups in total. The first-order valence-electron chi connectivity index (χ1n) is 7.12. The fraction of sp³-hybridized carbons (Fsp3) is 0.333. The van der Waals surface area contributed by atoms with Crippen molar-refractivity contribution in [1.82, 2.24) is 5.32 Å². The quantitative estimate of drug-likeness (QED) is 0.859. The van der Waals surface area contributed by atoms with Crippen LogP contribution in [0.25, 0.3) is 0 Å². The van der Waals surface area contributed by atoms with Crippen molar-refractivity contribution < 1.29 is 4.74 Å². The van der Waals surface area contributed by atoms with E-state index in [9.17, 15) is 0 Å². The van der Waals surface area contributed by atoms with E-state index in [1.807, 2.05) is 12.1 Å². The zero-order valence-electron chi connectivity index (χ0n) is 12.5. The normalized spacial score (nSPS) is 12.2. The lowest BCUT2D eigenvalue weighted by atomic mass is 10.1. The number of hydrogen-bond acceptors (Lipinski definition) is 2. The smallest absolute Gasteiger partial charge is 0.118 e. The largest absolute Gasteiger partial charge is 0.497 e. The molecular formula is C18H23NO. The van der Waals surface area contributed by atoms with Crippen LogP contribution in [-0.4, -0.2) is 13.7 Å². The minimum absolute atomic E-state index is 0.383. The molecule has 0 bridgehead atoms. The Bertz CT molecular complexity index is 533. The molecule has 0 saturated carbocycles. The molecule has 2 aromatic rings. The lowest BCUT2D eigenvalue weighted by Gasteiger charge is -2.15. The molecule has 2 nitrogen and oxygen atoms in total. The molecule has 2 rings (SSSR count). The molecule has 0 amide bonds. The molecule has 106 valence electrons. The first kappa shape index (κ1) is 14.6. The van der Waals surface area contributed by atoms with Crippen molar-refractivity contribution in [3.05, 3.63) is 65.2 Å². The van der Waals surface area contributed by atoms with Crippen LogP contribution < -0.4 is 10.1 Å². The second-order valence-electron chi connectivity index (χ2n) is 5.19. The predicted octanol–water partition coefficient (Wildman–Crippen LogP) is 3.90. The van der Waals surface area contributed by atoms with Crippen LogP contribution in [0.1, 0.15) is 29.7 Å². The number of hydrogen-bond donors (Lipinski definition) is 1. The second kappa shape index (κ2) is 7.11. The topological polar surface area (TPSA) is 21.3 Å². The van der Waals surface area contributed by atoms with Gasteiger partial charge in [0.1, 0.15) is 5.75 Å². The standard InChI is InChI=1S/C18H23NO/c1-14-5-4-6-17(13-14)15(2)19-12-11-16-7-9-18(20-3)10-8-16/h4-10,13,15,19H,11-12H2,1-3H3. The molecule has 0 saturated heterocycles. The Morgan fingerprint density at radius 2 is 1.85 bits per heavy atom. The number of rotatable bonds is 6. The molecule has 2 heteroatoms. The van der Waals surface area contributed by atoms with Crippen molar-refractivity contribution in [3.63, 3.8) is 0 Å². The Morgan fingerprint density at radius 1 is 1.10 bits per heavy atom. The Balaban J connectivity index is 1.82. The molecule has 20 heavy (non-hydrogen) atoms. The molecule has 0 aromatic heterocycles. The summed E-state index contributed by atoms with van der Waals surface area (Å²) < 4.78 is 5.17. The number of methoxy groups -OCH3 is 1. The van der Waals surface area contributed by atoms with E-state index in [1.165, 1.54) is 16.7 Å². The van der Waals surface area contributed by atoms with Gasteiger partial charge in [0.05, 0.1) is 7.11 Å². The van der Waals surface area contributed by atoms with Crippen molar-refractivity contribution >= 4 is 0 Å². The average Bonchev–Trinajstić information content (AvgIpc) is 2.48. The Labute approximate surface area is 121 Å². The van der Waals surface area contributed by atoms with Gasteiger partial charge in [-0.25, -0.2) is 0 Å². The highest BCUT2D eigenvalue weighted by molar-refractivity contribution is 5.27. The Kier molecular flexibility index (Phi) is 5.19. The minimum atomic E-state index is 0.383. The van der Waals surface area contributed by atoms with Gasteiger partial charge in [-0.1, -0.05) is 42.0 Å². The van der Waals surface area contributed by atoms with Crippen molar-refractivity contribution in [1.29, 1.82) is 0 Å². The van der Waals surface area contributed by atoms with Gasteiger partial charge >= 0.3 is 0 Å². The zero-order valence-corrected chi connectivity index (χ0v) is 12.5. The summed E-state index contributed by atoms with van der Waals surface area (Å²) in [6.45, 7) is 5.32. The third-order valence-corrected chi connectivity index (χ3v) is 3.57. The van der Waals surface area contributed by atoms with E-state index >= 15 is 0 Å². The van der Waals surface area contributed by atoms with Crippen LogP contribution in [0.4, 0.5) is 0 Å². The van der Waals surface area contributed by atoms with Crippen LogP contribution in [-0.2, 0) is 6.42 Å². The van der Waals surface area contributed by atoms with Crippen molar-refractivity contribution in [3.8, 4) is 5.75 Å². The summed E-state index contributed by atoms with van der Waals surface area (Å²) in [5.74, 6) is 0.912. The molecule has 0 heterocycles. The number of aryl methyl sites for hydroxylation is 1. The third kappa shape index (κ3) is 4.10. The van der Waals surface area contributed by atoms with Gasteiger partial charge in [0.25, 0.3) is 0 Å². The van der Waals surface area contributed by atoms with Gasteiger partial charge < -0.3 is 10.1 Å². The van der Waals surface area contributed by atoms with Crippen LogP contribution in [0.5, 0.6) is 5.75 Å². The summed E-state index contributed by atoms with van der Waals surface area (Å²) in [6.07, 6.45) is 1.03. The number of ether oxygens (including phenoxy) is 1. The summed E-state index contributed by atoms with van der Waals surface area (Å²) >= 11 is 0. The third-order valence-electron chi connectivity index (χ3n) is 3.57. The molecule has 0 radical (unpaired) electrons. The van der Waals surface area contributed by atoms with E-state index in [-0.39, 0.29) is 0 Å². The molecule has 0 aliphatic heterocycles. The zero-order chi connectivity index (χ0) is 14.4. The van der Waals surface area contributed by atoms with Crippen LogP contribution in [0.15, 0.2) is 48.5 Å². The van der Waals surface area contributed by atoms with E-state index in [1.54, 1.807) is 7.11 Å². The predicted molar refractivity (Wildman–Crippen MR) is 84.3 cm³/mol. The van der Waals surface area contributed by atoms with Crippen LogP contribution in [0, 0.1) is 6.92 Å². The van der Waals surface area contributed by atoms with Crippen LogP contribution in [0.2, 0.25) is 0 Å². The van der Waals surface area contributed by atoms with Gasteiger partial charge in [-0.05, 0) is 50.1 Å². The fourth-order valence-corrected chi connectivity index (χ4v) is 2.28. The van der Waals surface area contributed by atoms with Gasteiger partial charge in [-0.2, -0.15) is 0 Å². The Morgan fingerprint density at radius 3 is 2.50 bits per heavy atom. The highest BCUT2D eigenvalue weighted by atomic mass is 16.5. The summed E-state index contributed by atoms with van der Waals surface area (Å²) in [4.78, 5) is 0. The van der Waals surface area contributed by atoms with Crippen molar-refractivity contribution in [2.24, 2.45) is 0 Å². The molecule has 0 aliphatic carbocycles. The SMILES string of the molecule is COc1ccc(CCNC(C)c2cccc(C)c2)cc1. The van der Waals surface area contributed by atoms with Crippen LogP contribution in [0.3, 0.4) is 0 Å². The van der Waals surface area contributed by atoms with E-state index in [0.717, 1.165) is 18.7 Å². The van der Waals surface area contributed by atoms with Gasteiger partial charge in [0, 0.05) is 6.04 Å². The first-order valence-corrected chi connectivity index (χ1v) is 7.12. The molecule has 0 fully saturated rings. The van der Waals surface area contributed by atoms with Crippen molar-refractivity contribution in [2.45, 2.75) is 26.3 Å². The lowest BCUT2D eigenvalue weighted by molar-refractivity contribution is 0.414. The second-order valence-corrected chi connectivity index (χ2v) is 5.19. The maximum atomic E-state index is 5.17. The molecule has 2 aromatic carbocycles. The highest BCUT2D eigenvalue weighted by Gasteiger charge is 2.04. The van der Waals surface area contributed by atoms with Gasteiger partial charge in [0.15, 0.2) is 0 Å². The Hall–Kier alpha value is -1.80. The van der Waals surface area contributed by atoms with E-state index < -0.39 is 0 Å².